The number of aryl methyl sites for hydroxylation is 1. The third-order valence-corrected chi connectivity index (χ3v) is 1.62. The van der Waals surface area contributed by atoms with E-state index in [-0.39, 0.29) is 7.43 Å². The molecule has 0 saturated carbocycles. The molecule has 1 aromatic carbocycles. The highest BCUT2D eigenvalue weighted by molar-refractivity contribution is 5.31. The summed E-state index contributed by atoms with van der Waals surface area (Å²) in [4.78, 5) is 0. The molecule has 1 aromatic rings. The molecule has 0 aliphatic carbocycles. The predicted molar refractivity (Wildman–Crippen MR) is 51.9 cm³/mol. The number of hydrogen-bond acceptors (Lipinski definition) is 1. The Kier molecular flexibility index (Phi) is 4.79. The van der Waals surface area contributed by atoms with E-state index < -0.39 is 0 Å². The molecule has 0 heterocycles. The van der Waals surface area contributed by atoms with E-state index in [1.54, 1.807) is 0 Å². The van der Waals surface area contributed by atoms with Crippen molar-refractivity contribution in [3.63, 3.8) is 0 Å². The van der Waals surface area contributed by atoms with Crippen LogP contribution in [-0.2, 0) is 6.42 Å². The fourth-order valence-electron chi connectivity index (χ4n) is 1.03. The minimum atomic E-state index is 0. The third-order valence-electron chi connectivity index (χ3n) is 1.62. The summed E-state index contributed by atoms with van der Waals surface area (Å²) in [6.07, 6.45) is 2.26. The summed E-state index contributed by atoms with van der Waals surface area (Å²) < 4.78 is 0. The van der Waals surface area contributed by atoms with Crippen molar-refractivity contribution >= 4 is 0 Å². The highest BCUT2D eigenvalue weighted by Gasteiger charge is 1.90. The van der Waals surface area contributed by atoms with Gasteiger partial charge in [-0.25, -0.2) is 0 Å². The second-order valence-electron chi connectivity index (χ2n) is 2.56. The minimum absolute atomic E-state index is 0. The van der Waals surface area contributed by atoms with Crippen LogP contribution in [0.2, 0.25) is 0 Å². The molecule has 0 unspecified atom stereocenters. The van der Waals surface area contributed by atoms with Crippen molar-refractivity contribution in [1.29, 1.82) is 5.26 Å². The lowest BCUT2D eigenvalue weighted by Crippen LogP contribution is -1.82. The lowest BCUT2D eigenvalue weighted by atomic mass is 10.1. The monoisotopic (exact) mass is 161 g/mol. The van der Waals surface area contributed by atoms with Gasteiger partial charge in [-0.15, -0.1) is 0 Å². The number of nitriles is 1. The molecule has 0 atom stereocenters. The van der Waals surface area contributed by atoms with E-state index in [2.05, 4.69) is 13.0 Å². The Balaban J connectivity index is 0.00000121. The molecule has 0 aliphatic rings. The molecule has 0 spiro atoms. The quantitative estimate of drug-likeness (QED) is 0.653. The van der Waals surface area contributed by atoms with Gasteiger partial charge in [-0.1, -0.05) is 32.9 Å². The maximum Gasteiger partial charge on any atom is 0.0991 e. The number of hydrogen-bond donors (Lipinski definition) is 0. The molecule has 1 heteroatoms. The van der Waals surface area contributed by atoms with Crippen molar-refractivity contribution in [3.05, 3.63) is 35.4 Å². The van der Waals surface area contributed by atoms with Gasteiger partial charge in [-0.05, 0) is 24.1 Å². The molecule has 0 amide bonds. The van der Waals surface area contributed by atoms with Crippen molar-refractivity contribution in [2.24, 2.45) is 0 Å². The Labute approximate surface area is 74.7 Å². The van der Waals surface area contributed by atoms with Crippen LogP contribution in [0.4, 0.5) is 0 Å². The summed E-state index contributed by atoms with van der Waals surface area (Å²) in [6, 6.07) is 9.86. The van der Waals surface area contributed by atoms with Gasteiger partial charge >= 0.3 is 0 Å². The molecule has 0 saturated heterocycles. The maximum atomic E-state index is 8.51. The van der Waals surface area contributed by atoms with Crippen LogP contribution in [0.15, 0.2) is 24.3 Å². The van der Waals surface area contributed by atoms with Gasteiger partial charge in [-0.3, -0.25) is 0 Å². The normalized spacial score (nSPS) is 8.33. The lowest BCUT2D eigenvalue weighted by Gasteiger charge is -1.96. The molecule has 1 nitrogen and oxygen atoms in total. The van der Waals surface area contributed by atoms with E-state index in [1.807, 2.05) is 24.3 Å². The van der Waals surface area contributed by atoms with Crippen LogP contribution < -0.4 is 0 Å². The average Bonchev–Trinajstić information content (AvgIpc) is 2.07. The second kappa shape index (κ2) is 5.37. The van der Waals surface area contributed by atoms with Gasteiger partial charge in [0.05, 0.1) is 11.6 Å². The Hall–Kier alpha value is -1.29. The standard InChI is InChI=1S/C10H11N.CH4/c1-2-3-9-4-6-10(8-11)7-5-9;/h4-7H,2-3H2,1H3;1H4. The van der Waals surface area contributed by atoms with Crippen molar-refractivity contribution in [2.75, 3.05) is 0 Å². The molecule has 0 bridgehead atoms. The van der Waals surface area contributed by atoms with E-state index in [9.17, 15) is 0 Å². The summed E-state index contributed by atoms with van der Waals surface area (Å²) in [5.74, 6) is 0. The Morgan fingerprint density at radius 2 is 1.83 bits per heavy atom. The van der Waals surface area contributed by atoms with Gasteiger partial charge in [-0.2, -0.15) is 5.26 Å². The van der Waals surface area contributed by atoms with Crippen LogP contribution in [0.5, 0.6) is 0 Å². The van der Waals surface area contributed by atoms with Gasteiger partial charge < -0.3 is 0 Å². The van der Waals surface area contributed by atoms with Crippen molar-refractivity contribution < 1.29 is 0 Å². The Morgan fingerprint density at radius 1 is 1.25 bits per heavy atom. The summed E-state index contributed by atoms with van der Waals surface area (Å²) in [7, 11) is 0. The summed E-state index contributed by atoms with van der Waals surface area (Å²) in [5, 5.41) is 8.51. The molecule has 0 aliphatic heterocycles. The first kappa shape index (κ1) is 10.7. The Bertz CT molecular complexity index is 253. The van der Waals surface area contributed by atoms with Gasteiger partial charge in [0.1, 0.15) is 0 Å². The van der Waals surface area contributed by atoms with Crippen LogP contribution in [0.3, 0.4) is 0 Å². The predicted octanol–water partition coefficient (Wildman–Crippen LogP) is 3.15. The van der Waals surface area contributed by atoms with E-state index in [4.69, 9.17) is 5.26 Å². The first-order chi connectivity index (χ1) is 5.36. The molecule has 12 heavy (non-hydrogen) atoms. The fourth-order valence-corrected chi connectivity index (χ4v) is 1.03. The number of nitrogens with zero attached hydrogens (tertiary/aromatic N) is 1. The first-order valence-corrected chi connectivity index (χ1v) is 3.86. The fraction of sp³-hybridized carbons (Fsp3) is 0.364. The molecule has 64 valence electrons. The molecule has 0 fully saturated rings. The van der Waals surface area contributed by atoms with E-state index in [0.717, 1.165) is 18.4 Å². The maximum absolute atomic E-state index is 8.51. The van der Waals surface area contributed by atoms with Gasteiger partial charge in [0.2, 0.25) is 0 Å². The van der Waals surface area contributed by atoms with E-state index in [0.29, 0.717) is 0 Å². The van der Waals surface area contributed by atoms with E-state index in [1.165, 1.54) is 5.56 Å². The van der Waals surface area contributed by atoms with Crippen molar-refractivity contribution in [1.82, 2.24) is 0 Å². The zero-order valence-electron chi connectivity index (χ0n) is 6.67. The molecular weight excluding hydrogens is 146 g/mol. The van der Waals surface area contributed by atoms with Gasteiger partial charge in [0.15, 0.2) is 0 Å². The highest BCUT2D eigenvalue weighted by atomic mass is 14.2. The lowest BCUT2D eigenvalue weighted by molar-refractivity contribution is 0.922. The number of benzene rings is 1. The van der Waals surface area contributed by atoms with Crippen molar-refractivity contribution in [3.8, 4) is 6.07 Å². The van der Waals surface area contributed by atoms with Crippen molar-refractivity contribution in [2.45, 2.75) is 27.2 Å². The minimum Gasteiger partial charge on any atom is -0.192 e. The van der Waals surface area contributed by atoms with Crippen LogP contribution in [0, 0.1) is 11.3 Å². The van der Waals surface area contributed by atoms with Crippen LogP contribution in [0.1, 0.15) is 31.9 Å². The molecule has 0 radical (unpaired) electrons. The third kappa shape index (κ3) is 2.75. The number of rotatable bonds is 2. The van der Waals surface area contributed by atoms with Crippen LogP contribution in [-0.4, -0.2) is 0 Å². The zero-order chi connectivity index (χ0) is 8.10. The second-order valence-corrected chi connectivity index (χ2v) is 2.56. The summed E-state index contributed by atoms with van der Waals surface area (Å²) >= 11 is 0. The summed E-state index contributed by atoms with van der Waals surface area (Å²) in [6.45, 7) is 2.15. The molecule has 0 N–H and O–H groups in total. The molecular formula is C11H15N. The van der Waals surface area contributed by atoms with Gasteiger partial charge in [0.25, 0.3) is 0 Å². The highest BCUT2D eigenvalue weighted by Crippen LogP contribution is 2.04. The largest absolute Gasteiger partial charge is 0.192 e. The Morgan fingerprint density at radius 3 is 2.25 bits per heavy atom. The molecule has 0 aromatic heterocycles. The molecule has 1 rings (SSSR count). The topological polar surface area (TPSA) is 23.8 Å². The zero-order valence-corrected chi connectivity index (χ0v) is 6.67. The average molecular weight is 161 g/mol. The van der Waals surface area contributed by atoms with Crippen LogP contribution >= 0.6 is 0 Å². The van der Waals surface area contributed by atoms with Gasteiger partial charge in [0, 0.05) is 0 Å². The first-order valence-electron chi connectivity index (χ1n) is 3.86. The SMILES string of the molecule is C.CCCc1ccc(C#N)cc1. The van der Waals surface area contributed by atoms with E-state index >= 15 is 0 Å². The van der Waals surface area contributed by atoms with Crippen LogP contribution in [0.25, 0.3) is 0 Å². The summed E-state index contributed by atoms with van der Waals surface area (Å²) in [5.41, 5.74) is 2.05. The smallest absolute Gasteiger partial charge is 0.0991 e.